The Hall–Kier alpha value is -1.10. The third kappa shape index (κ3) is 6.89. The molecule has 1 rings (SSSR count). The summed E-state index contributed by atoms with van der Waals surface area (Å²) >= 11 is 0. The van der Waals surface area contributed by atoms with E-state index in [2.05, 4.69) is 13.8 Å². The van der Waals surface area contributed by atoms with Gasteiger partial charge in [-0.15, -0.1) is 0 Å². The topological polar surface area (TPSA) is 66.8 Å². The fourth-order valence-electron chi connectivity index (χ4n) is 2.49. The number of rotatable bonds is 8. The maximum atomic E-state index is 12.1. The van der Waals surface area contributed by atoms with Crippen molar-refractivity contribution in [3.05, 3.63) is 0 Å². The summed E-state index contributed by atoms with van der Waals surface area (Å²) in [5, 5.41) is 8.71. The summed E-state index contributed by atoms with van der Waals surface area (Å²) in [5.41, 5.74) is 0. The Morgan fingerprint density at radius 1 is 1.35 bits per heavy atom. The largest absolute Gasteiger partial charge is 0.481 e. The number of amides is 1. The first-order chi connectivity index (χ1) is 9.49. The Kier molecular flexibility index (Phi) is 7.59. The van der Waals surface area contributed by atoms with Crippen LogP contribution in [0.4, 0.5) is 0 Å². The maximum Gasteiger partial charge on any atom is 0.303 e. The van der Waals surface area contributed by atoms with Crippen molar-refractivity contribution in [2.24, 2.45) is 11.8 Å². The number of hydrogen-bond acceptors (Lipinski definition) is 3. The SMILES string of the molecule is CC(C)COCCC(=O)N1CCCC(CCC(=O)O)C1. The van der Waals surface area contributed by atoms with Crippen molar-refractivity contribution in [2.45, 2.75) is 46.0 Å². The Bertz CT molecular complexity index is 317. The monoisotopic (exact) mass is 285 g/mol. The Balaban J connectivity index is 2.23. The molecule has 1 aliphatic heterocycles. The molecule has 1 N–H and O–H groups in total. The highest BCUT2D eigenvalue weighted by Crippen LogP contribution is 2.21. The first-order valence-electron chi connectivity index (χ1n) is 7.56. The number of carboxylic acids is 1. The highest BCUT2D eigenvalue weighted by Gasteiger charge is 2.23. The highest BCUT2D eigenvalue weighted by molar-refractivity contribution is 5.76. The van der Waals surface area contributed by atoms with E-state index in [1.54, 1.807) is 0 Å². The predicted molar refractivity (Wildman–Crippen MR) is 76.4 cm³/mol. The summed E-state index contributed by atoms with van der Waals surface area (Å²) in [7, 11) is 0. The number of carbonyl (C=O) groups is 2. The molecular formula is C15H27NO4. The molecule has 1 atom stereocenters. The van der Waals surface area contributed by atoms with Gasteiger partial charge in [0, 0.05) is 26.1 Å². The lowest BCUT2D eigenvalue weighted by Gasteiger charge is -2.32. The van der Waals surface area contributed by atoms with Crippen molar-refractivity contribution in [3.63, 3.8) is 0 Å². The van der Waals surface area contributed by atoms with E-state index in [0.717, 1.165) is 19.4 Å². The van der Waals surface area contributed by atoms with Gasteiger partial charge in [-0.3, -0.25) is 9.59 Å². The summed E-state index contributed by atoms with van der Waals surface area (Å²) < 4.78 is 5.44. The van der Waals surface area contributed by atoms with Crippen LogP contribution in [0.1, 0.15) is 46.0 Å². The summed E-state index contributed by atoms with van der Waals surface area (Å²) in [6.07, 6.45) is 3.30. The second-order valence-corrected chi connectivity index (χ2v) is 6.00. The third-order valence-corrected chi connectivity index (χ3v) is 3.55. The van der Waals surface area contributed by atoms with E-state index in [-0.39, 0.29) is 12.3 Å². The van der Waals surface area contributed by atoms with E-state index in [1.165, 1.54) is 0 Å². The number of carboxylic acid groups (broad SMARTS) is 1. The van der Waals surface area contributed by atoms with E-state index in [4.69, 9.17) is 9.84 Å². The van der Waals surface area contributed by atoms with Gasteiger partial charge in [0.25, 0.3) is 0 Å². The molecular weight excluding hydrogens is 258 g/mol. The van der Waals surface area contributed by atoms with Crippen LogP contribution in [0.5, 0.6) is 0 Å². The quantitative estimate of drug-likeness (QED) is 0.694. The van der Waals surface area contributed by atoms with Crippen LogP contribution in [0.15, 0.2) is 0 Å². The number of piperidine rings is 1. The Labute approximate surface area is 121 Å². The van der Waals surface area contributed by atoms with E-state index in [1.807, 2.05) is 4.90 Å². The first-order valence-corrected chi connectivity index (χ1v) is 7.56. The molecule has 1 heterocycles. The van der Waals surface area contributed by atoms with Crippen LogP contribution in [0.2, 0.25) is 0 Å². The smallest absolute Gasteiger partial charge is 0.303 e. The fourth-order valence-corrected chi connectivity index (χ4v) is 2.49. The molecule has 1 unspecified atom stereocenters. The van der Waals surface area contributed by atoms with Crippen LogP contribution in [-0.4, -0.2) is 48.2 Å². The molecule has 20 heavy (non-hydrogen) atoms. The minimum atomic E-state index is -0.754. The van der Waals surface area contributed by atoms with Crippen LogP contribution in [-0.2, 0) is 14.3 Å². The molecule has 0 aromatic carbocycles. The molecule has 0 bridgehead atoms. The van der Waals surface area contributed by atoms with Gasteiger partial charge in [-0.05, 0) is 31.1 Å². The lowest BCUT2D eigenvalue weighted by Crippen LogP contribution is -2.40. The minimum absolute atomic E-state index is 0.133. The molecule has 0 aromatic heterocycles. The van der Waals surface area contributed by atoms with Gasteiger partial charge in [0.1, 0.15) is 0 Å². The zero-order valence-electron chi connectivity index (χ0n) is 12.6. The number of ether oxygens (including phenoxy) is 1. The van der Waals surface area contributed by atoms with Crippen molar-refractivity contribution in [2.75, 3.05) is 26.3 Å². The van der Waals surface area contributed by atoms with Crippen LogP contribution in [0, 0.1) is 11.8 Å². The predicted octanol–water partition coefficient (Wildman–Crippen LogP) is 2.15. The van der Waals surface area contributed by atoms with Crippen LogP contribution in [0.25, 0.3) is 0 Å². The molecule has 1 fully saturated rings. The standard InChI is InChI=1S/C15H27NO4/c1-12(2)11-20-9-7-14(17)16-8-3-4-13(10-16)5-6-15(18)19/h12-13H,3-11H2,1-2H3,(H,18,19). The minimum Gasteiger partial charge on any atom is -0.481 e. The molecule has 5 heteroatoms. The van der Waals surface area contributed by atoms with Gasteiger partial charge >= 0.3 is 5.97 Å². The van der Waals surface area contributed by atoms with Gasteiger partial charge in [-0.2, -0.15) is 0 Å². The van der Waals surface area contributed by atoms with Crippen LogP contribution >= 0.6 is 0 Å². The Morgan fingerprint density at radius 3 is 2.75 bits per heavy atom. The molecule has 0 aliphatic carbocycles. The molecule has 116 valence electrons. The highest BCUT2D eigenvalue weighted by atomic mass is 16.5. The lowest BCUT2D eigenvalue weighted by atomic mass is 9.93. The molecule has 1 amide bonds. The molecule has 1 aliphatic rings. The number of aliphatic carboxylic acids is 1. The zero-order chi connectivity index (χ0) is 15.0. The normalized spacial score (nSPS) is 19.4. The summed E-state index contributed by atoms with van der Waals surface area (Å²) in [6.45, 7) is 6.84. The van der Waals surface area contributed by atoms with Crippen molar-refractivity contribution >= 4 is 11.9 Å². The number of carbonyl (C=O) groups excluding carboxylic acids is 1. The molecule has 0 spiro atoms. The molecule has 0 saturated carbocycles. The summed E-state index contributed by atoms with van der Waals surface area (Å²) in [6, 6.07) is 0. The summed E-state index contributed by atoms with van der Waals surface area (Å²) in [5.74, 6) is 0.199. The van der Waals surface area contributed by atoms with Gasteiger partial charge in [0.2, 0.25) is 5.91 Å². The van der Waals surface area contributed by atoms with E-state index < -0.39 is 5.97 Å². The van der Waals surface area contributed by atoms with Gasteiger partial charge in [0.05, 0.1) is 13.0 Å². The molecule has 1 saturated heterocycles. The van der Waals surface area contributed by atoms with Crippen LogP contribution in [0.3, 0.4) is 0 Å². The lowest BCUT2D eigenvalue weighted by molar-refractivity contribution is -0.137. The van der Waals surface area contributed by atoms with Gasteiger partial charge < -0.3 is 14.7 Å². The van der Waals surface area contributed by atoms with Crippen molar-refractivity contribution in [1.82, 2.24) is 4.90 Å². The number of likely N-dealkylation sites (tertiary alicyclic amines) is 1. The fraction of sp³-hybridized carbons (Fsp3) is 0.867. The Morgan fingerprint density at radius 2 is 2.10 bits per heavy atom. The average molecular weight is 285 g/mol. The number of hydrogen-bond donors (Lipinski definition) is 1. The molecule has 0 aromatic rings. The van der Waals surface area contributed by atoms with Crippen LogP contribution < -0.4 is 0 Å². The van der Waals surface area contributed by atoms with E-state index in [0.29, 0.717) is 44.4 Å². The van der Waals surface area contributed by atoms with E-state index in [9.17, 15) is 9.59 Å². The van der Waals surface area contributed by atoms with Crippen molar-refractivity contribution in [1.29, 1.82) is 0 Å². The average Bonchev–Trinajstić information content (AvgIpc) is 2.41. The van der Waals surface area contributed by atoms with Gasteiger partial charge in [0.15, 0.2) is 0 Å². The van der Waals surface area contributed by atoms with Crippen molar-refractivity contribution < 1.29 is 19.4 Å². The zero-order valence-corrected chi connectivity index (χ0v) is 12.6. The second kappa shape index (κ2) is 8.95. The maximum absolute atomic E-state index is 12.1. The molecule has 0 radical (unpaired) electrons. The molecule has 5 nitrogen and oxygen atoms in total. The summed E-state index contributed by atoms with van der Waals surface area (Å²) in [4.78, 5) is 24.5. The van der Waals surface area contributed by atoms with Gasteiger partial charge in [-0.1, -0.05) is 13.8 Å². The first kappa shape index (κ1) is 17.0. The third-order valence-electron chi connectivity index (χ3n) is 3.55. The number of nitrogens with zero attached hydrogens (tertiary/aromatic N) is 1. The van der Waals surface area contributed by atoms with E-state index >= 15 is 0 Å². The van der Waals surface area contributed by atoms with Crippen molar-refractivity contribution in [3.8, 4) is 0 Å². The van der Waals surface area contributed by atoms with Gasteiger partial charge in [-0.25, -0.2) is 0 Å². The second-order valence-electron chi connectivity index (χ2n) is 6.00.